The lowest BCUT2D eigenvalue weighted by atomic mass is 10.2. The normalized spacial score (nSPS) is 14.4. The van der Waals surface area contributed by atoms with Gasteiger partial charge in [0.25, 0.3) is 5.56 Å². The van der Waals surface area contributed by atoms with Crippen LogP contribution in [0.5, 0.6) is 0 Å². The van der Waals surface area contributed by atoms with E-state index in [9.17, 15) is 14.9 Å². The number of nitrogens with zero attached hydrogens (tertiary/aromatic N) is 3. The second kappa shape index (κ2) is 7.49. The van der Waals surface area contributed by atoms with E-state index in [2.05, 4.69) is 16.4 Å². The van der Waals surface area contributed by atoms with Gasteiger partial charge in [-0.25, -0.2) is 4.98 Å². The maximum Gasteiger partial charge on any atom is 0.262 e. The number of nitrogens with one attached hydrogen (secondary N) is 1. The fraction of sp³-hybridized carbons (Fsp3) is 0.238. The lowest BCUT2D eigenvalue weighted by molar-refractivity contribution is -0.115. The molecule has 1 atom stereocenters. The summed E-state index contributed by atoms with van der Waals surface area (Å²) in [6.45, 7) is 1.77. The molecule has 1 aliphatic carbocycles. The van der Waals surface area contributed by atoms with Crippen molar-refractivity contribution in [2.24, 2.45) is 0 Å². The van der Waals surface area contributed by atoms with Gasteiger partial charge in [-0.05, 0) is 44.0 Å². The van der Waals surface area contributed by atoms with Gasteiger partial charge in [-0.2, -0.15) is 5.26 Å². The minimum Gasteiger partial charge on any atom is -0.324 e. The third-order valence-corrected chi connectivity index (χ3v) is 5.71. The topological polar surface area (TPSA) is 87.8 Å². The van der Waals surface area contributed by atoms with E-state index in [0.717, 1.165) is 12.8 Å². The number of thioether (sulfide) groups is 1. The van der Waals surface area contributed by atoms with Crippen molar-refractivity contribution in [1.82, 2.24) is 9.55 Å². The average Bonchev–Trinajstić information content (AvgIpc) is 3.53. The van der Waals surface area contributed by atoms with Gasteiger partial charge in [-0.15, -0.1) is 0 Å². The Balaban J connectivity index is 1.62. The number of carbonyl (C=O) groups is 1. The Morgan fingerprint density at radius 1 is 1.25 bits per heavy atom. The van der Waals surface area contributed by atoms with Gasteiger partial charge in [-0.1, -0.05) is 36.0 Å². The SMILES string of the molecule is C[C@@H](Sc1nc2ccccc2c(=O)n1C1CC1)C(=O)Nc1ccccc1C#N. The minimum atomic E-state index is -0.482. The van der Waals surface area contributed by atoms with Gasteiger partial charge < -0.3 is 5.32 Å². The molecule has 3 aromatic rings. The molecule has 2 aromatic carbocycles. The highest BCUT2D eigenvalue weighted by molar-refractivity contribution is 8.00. The number of anilines is 1. The van der Waals surface area contributed by atoms with Crippen LogP contribution in [0, 0.1) is 11.3 Å². The van der Waals surface area contributed by atoms with Crippen LogP contribution >= 0.6 is 11.8 Å². The molecule has 1 saturated carbocycles. The number of aromatic nitrogens is 2. The van der Waals surface area contributed by atoms with E-state index in [1.54, 1.807) is 41.8 Å². The fourth-order valence-electron chi connectivity index (χ4n) is 3.00. The monoisotopic (exact) mass is 390 g/mol. The Labute approximate surface area is 166 Å². The summed E-state index contributed by atoms with van der Waals surface area (Å²) in [4.78, 5) is 30.3. The molecule has 0 bridgehead atoms. The van der Waals surface area contributed by atoms with Gasteiger partial charge in [0.15, 0.2) is 5.16 Å². The molecule has 0 aliphatic heterocycles. The maximum atomic E-state index is 12.9. The lowest BCUT2D eigenvalue weighted by Crippen LogP contribution is -2.26. The molecule has 28 heavy (non-hydrogen) atoms. The van der Waals surface area contributed by atoms with E-state index >= 15 is 0 Å². The Hall–Kier alpha value is -3.11. The number of para-hydroxylation sites is 2. The van der Waals surface area contributed by atoms with E-state index in [1.807, 2.05) is 18.2 Å². The van der Waals surface area contributed by atoms with Crippen LogP contribution < -0.4 is 10.9 Å². The number of amides is 1. The summed E-state index contributed by atoms with van der Waals surface area (Å²) in [6, 6.07) is 16.4. The van der Waals surface area contributed by atoms with E-state index in [4.69, 9.17) is 0 Å². The van der Waals surface area contributed by atoms with Crippen LogP contribution in [0.25, 0.3) is 10.9 Å². The fourth-order valence-corrected chi connectivity index (χ4v) is 3.98. The van der Waals surface area contributed by atoms with Crippen molar-refractivity contribution >= 4 is 34.3 Å². The summed E-state index contributed by atoms with van der Waals surface area (Å²) in [5.41, 5.74) is 1.47. The molecule has 1 fully saturated rings. The number of hydrogen-bond donors (Lipinski definition) is 1. The predicted octanol–water partition coefficient (Wildman–Crippen LogP) is 3.72. The highest BCUT2D eigenvalue weighted by atomic mass is 32.2. The molecule has 1 aliphatic rings. The highest BCUT2D eigenvalue weighted by Crippen LogP contribution is 2.37. The first-order valence-corrected chi connectivity index (χ1v) is 9.94. The second-order valence-electron chi connectivity index (χ2n) is 6.72. The van der Waals surface area contributed by atoms with Crippen LogP contribution in [0.2, 0.25) is 0 Å². The molecule has 1 N–H and O–H groups in total. The summed E-state index contributed by atoms with van der Waals surface area (Å²) in [6.07, 6.45) is 1.90. The molecule has 1 aromatic heterocycles. The second-order valence-corrected chi connectivity index (χ2v) is 8.03. The van der Waals surface area contributed by atoms with E-state index in [-0.39, 0.29) is 17.5 Å². The minimum absolute atomic E-state index is 0.0574. The van der Waals surface area contributed by atoms with E-state index in [1.165, 1.54) is 11.8 Å². The number of hydrogen-bond acceptors (Lipinski definition) is 5. The van der Waals surface area contributed by atoms with Crippen LogP contribution in [-0.4, -0.2) is 20.7 Å². The molecule has 140 valence electrons. The maximum absolute atomic E-state index is 12.9. The van der Waals surface area contributed by atoms with E-state index in [0.29, 0.717) is 27.3 Å². The average molecular weight is 390 g/mol. The van der Waals surface area contributed by atoms with Gasteiger partial charge >= 0.3 is 0 Å². The lowest BCUT2D eigenvalue weighted by Gasteiger charge is -2.16. The zero-order valence-corrected chi connectivity index (χ0v) is 16.1. The van der Waals surface area contributed by atoms with Crippen molar-refractivity contribution in [2.45, 2.75) is 36.2 Å². The highest BCUT2D eigenvalue weighted by Gasteiger charge is 2.30. The van der Waals surface area contributed by atoms with Crippen molar-refractivity contribution in [3.8, 4) is 6.07 Å². The zero-order chi connectivity index (χ0) is 19.7. The molecule has 4 rings (SSSR count). The Kier molecular flexibility index (Phi) is 4.88. The van der Waals surface area contributed by atoms with Crippen LogP contribution in [0.3, 0.4) is 0 Å². The van der Waals surface area contributed by atoms with Gasteiger partial charge in [0.05, 0.1) is 27.4 Å². The molecule has 7 heteroatoms. The summed E-state index contributed by atoms with van der Waals surface area (Å²) >= 11 is 1.27. The first kappa shape index (κ1) is 18.3. The molecule has 0 unspecified atom stereocenters. The van der Waals surface area contributed by atoms with Gasteiger partial charge in [0, 0.05) is 6.04 Å². The van der Waals surface area contributed by atoms with Crippen molar-refractivity contribution < 1.29 is 4.79 Å². The molecular formula is C21H18N4O2S. The van der Waals surface area contributed by atoms with Crippen molar-refractivity contribution in [3.63, 3.8) is 0 Å². The quantitative estimate of drug-likeness (QED) is 0.530. The summed E-state index contributed by atoms with van der Waals surface area (Å²) in [5.74, 6) is -0.238. The van der Waals surface area contributed by atoms with Crippen molar-refractivity contribution in [3.05, 3.63) is 64.4 Å². The number of nitriles is 1. The summed E-state index contributed by atoms with van der Waals surface area (Å²) in [7, 11) is 0. The van der Waals surface area contributed by atoms with Crippen LogP contribution in [0.4, 0.5) is 5.69 Å². The first-order chi connectivity index (χ1) is 13.6. The number of carbonyl (C=O) groups excluding carboxylic acids is 1. The number of fused-ring (bicyclic) bond motifs is 1. The molecule has 0 radical (unpaired) electrons. The molecule has 0 saturated heterocycles. The van der Waals surface area contributed by atoms with Crippen molar-refractivity contribution in [2.75, 3.05) is 5.32 Å². The third kappa shape index (κ3) is 3.51. The Bertz CT molecular complexity index is 1160. The molecule has 0 spiro atoms. The molecule has 1 heterocycles. The van der Waals surface area contributed by atoms with Crippen LogP contribution in [0.15, 0.2) is 58.5 Å². The molecule has 1 amide bonds. The Morgan fingerprint density at radius 3 is 2.71 bits per heavy atom. The molecule has 6 nitrogen and oxygen atoms in total. The largest absolute Gasteiger partial charge is 0.324 e. The van der Waals surface area contributed by atoms with Crippen molar-refractivity contribution in [1.29, 1.82) is 5.26 Å². The molecular weight excluding hydrogens is 372 g/mol. The van der Waals surface area contributed by atoms with Crippen LogP contribution in [0.1, 0.15) is 31.4 Å². The number of benzene rings is 2. The zero-order valence-electron chi connectivity index (χ0n) is 15.3. The van der Waals surface area contributed by atoms with E-state index < -0.39 is 5.25 Å². The summed E-state index contributed by atoms with van der Waals surface area (Å²) < 4.78 is 1.72. The van der Waals surface area contributed by atoms with Gasteiger partial charge in [0.2, 0.25) is 5.91 Å². The van der Waals surface area contributed by atoms with Gasteiger partial charge in [-0.3, -0.25) is 14.2 Å². The number of rotatable bonds is 5. The smallest absolute Gasteiger partial charge is 0.262 e. The predicted molar refractivity (Wildman–Crippen MR) is 109 cm³/mol. The van der Waals surface area contributed by atoms with Gasteiger partial charge in [0.1, 0.15) is 6.07 Å². The Morgan fingerprint density at radius 2 is 1.96 bits per heavy atom. The first-order valence-electron chi connectivity index (χ1n) is 9.06. The van der Waals surface area contributed by atoms with Crippen LogP contribution in [-0.2, 0) is 4.79 Å². The standard InChI is InChI=1S/C21H18N4O2S/c1-13(19(26)23-17-8-4-2-6-14(17)12-22)28-21-24-18-9-5-3-7-16(18)20(27)25(21)15-10-11-15/h2-9,13,15H,10-11H2,1H3,(H,23,26)/t13-/m1/s1. The summed E-state index contributed by atoms with van der Waals surface area (Å²) in [5, 5.41) is 12.7. The third-order valence-electron chi connectivity index (χ3n) is 4.64.